The van der Waals surface area contributed by atoms with E-state index in [0.717, 1.165) is 12.8 Å². The lowest BCUT2D eigenvalue weighted by molar-refractivity contribution is -0.146. The molecule has 104 valence electrons. The van der Waals surface area contributed by atoms with Crippen LogP contribution in [0.2, 0.25) is 5.02 Å². The van der Waals surface area contributed by atoms with Crippen LogP contribution in [-0.4, -0.2) is 24.2 Å². The van der Waals surface area contributed by atoms with Crippen molar-refractivity contribution in [1.29, 1.82) is 0 Å². The van der Waals surface area contributed by atoms with Gasteiger partial charge >= 0.3 is 5.97 Å². The Morgan fingerprint density at radius 2 is 2.21 bits per heavy atom. The van der Waals surface area contributed by atoms with Crippen molar-refractivity contribution in [1.82, 2.24) is 0 Å². The zero-order valence-electron chi connectivity index (χ0n) is 10.6. The lowest BCUT2D eigenvalue weighted by Crippen LogP contribution is -2.16. The number of unbranched alkanes of at least 4 members (excludes halogenated alkanes) is 1. The van der Waals surface area contributed by atoms with Crippen molar-refractivity contribution in [3.63, 3.8) is 0 Å². The predicted octanol–water partition coefficient (Wildman–Crippen LogP) is 2.70. The maximum absolute atomic E-state index is 11.3. The highest BCUT2D eigenvalue weighted by Gasteiger charge is 2.08. The molecule has 19 heavy (non-hydrogen) atoms. The van der Waals surface area contributed by atoms with Crippen LogP contribution in [0, 0.1) is 0 Å². The van der Waals surface area contributed by atoms with Gasteiger partial charge in [0.15, 0.2) is 6.61 Å². The highest BCUT2D eigenvalue weighted by atomic mass is 35.5. The van der Waals surface area contributed by atoms with Crippen LogP contribution in [0.15, 0.2) is 18.2 Å². The lowest BCUT2D eigenvalue weighted by Gasteiger charge is -2.09. The number of hydrogen-bond donors (Lipinski definition) is 1. The molecule has 0 radical (unpaired) electrons. The highest BCUT2D eigenvalue weighted by Crippen LogP contribution is 2.25. The first-order valence-electron chi connectivity index (χ1n) is 5.92. The minimum Gasteiger partial charge on any atom is -0.480 e. The fourth-order valence-corrected chi connectivity index (χ4v) is 1.64. The van der Waals surface area contributed by atoms with Crippen LogP contribution in [-0.2, 0) is 9.53 Å². The molecule has 0 spiro atoms. The van der Waals surface area contributed by atoms with Crippen molar-refractivity contribution in [2.45, 2.75) is 19.8 Å². The predicted molar refractivity (Wildman–Crippen MR) is 78.7 cm³/mol. The molecule has 1 rings (SSSR count). The summed E-state index contributed by atoms with van der Waals surface area (Å²) in [5, 5.41) is 0.353. The smallest absolute Gasteiger partial charge is 0.344 e. The average Bonchev–Trinajstić information content (AvgIpc) is 2.37. The Kier molecular flexibility index (Phi) is 6.59. The standard InChI is InChI=1S/C13H16ClNO3S/c1-2-3-6-17-12(16)8-18-11-5-4-9(13(15)19)7-10(11)14/h4-5,7H,2-3,6,8H2,1H3,(H2,15,19). The summed E-state index contributed by atoms with van der Waals surface area (Å²) in [5.41, 5.74) is 6.13. The van der Waals surface area contributed by atoms with Crippen LogP contribution in [0.1, 0.15) is 25.3 Å². The van der Waals surface area contributed by atoms with Gasteiger partial charge in [0.05, 0.1) is 11.6 Å². The van der Waals surface area contributed by atoms with Crippen LogP contribution in [0.3, 0.4) is 0 Å². The molecule has 2 N–H and O–H groups in total. The Labute approximate surface area is 122 Å². The number of nitrogens with two attached hydrogens (primary N) is 1. The van der Waals surface area contributed by atoms with Gasteiger partial charge in [0.25, 0.3) is 0 Å². The van der Waals surface area contributed by atoms with Crippen LogP contribution < -0.4 is 10.5 Å². The Bertz CT molecular complexity index is 465. The molecule has 0 bridgehead atoms. The number of thiocarbonyl (C=S) groups is 1. The van der Waals surface area contributed by atoms with Gasteiger partial charge in [-0.15, -0.1) is 0 Å². The van der Waals surface area contributed by atoms with Crippen LogP contribution >= 0.6 is 23.8 Å². The fraction of sp³-hybridized carbons (Fsp3) is 0.385. The van der Waals surface area contributed by atoms with E-state index in [1.807, 2.05) is 6.92 Å². The highest BCUT2D eigenvalue weighted by molar-refractivity contribution is 7.80. The molecule has 0 saturated heterocycles. The van der Waals surface area contributed by atoms with Gasteiger partial charge in [-0.25, -0.2) is 4.79 Å². The lowest BCUT2D eigenvalue weighted by atomic mass is 10.2. The molecule has 1 aromatic rings. The molecule has 0 fully saturated rings. The van der Waals surface area contributed by atoms with Gasteiger partial charge in [0.1, 0.15) is 10.7 Å². The maximum atomic E-state index is 11.3. The molecule has 0 aliphatic heterocycles. The zero-order valence-corrected chi connectivity index (χ0v) is 12.2. The van der Waals surface area contributed by atoms with E-state index >= 15 is 0 Å². The first-order valence-corrected chi connectivity index (χ1v) is 6.71. The van der Waals surface area contributed by atoms with Crippen molar-refractivity contribution >= 4 is 34.8 Å². The summed E-state index contributed by atoms with van der Waals surface area (Å²) in [6, 6.07) is 4.91. The molecule has 0 atom stereocenters. The monoisotopic (exact) mass is 301 g/mol. The Hall–Kier alpha value is -1.33. The van der Waals surface area contributed by atoms with Crippen molar-refractivity contribution in [3.05, 3.63) is 28.8 Å². The number of carbonyl (C=O) groups excluding carboxylic acids is 1. The summed E-state index contributed by atoms with van der Waals surface area (Å²) < 4.78 is 10.2. The van der Waals surface area contributed by atoms with Gasteiger partial charge in [-0.1, -0.05) is 37.2 Å². The van der Waals surface area contributed by atoms with E-state index in [1.165, 1.54) is 0 Å². The molecular formula is C13H16ClNO3S. The number of esters is 1. The summed E-state index contributed by atoms with van der Waals surface area (Å²) in [6.45, 7) is 2.26. The molecule has 0 aliphatic carbocycles. The largest absolute Gasteiger partial charge is 0.480 e. The Morgan fingerprint density at radius 1 is 1.47 bits per heavy atom. The molecule has 0 saturated carbocycles. The average molecular weight is 302 g/mol. The fourth-order valence-electron chi connectivity index (χ4n) is 1.28. The molecule has 1 aromatic carbocycles. The SMILES string of the molecule is CCCCOC(=O)COc1ccc(C(N)=S)cc1Cl. The second kappa shape index (κ2) is 7.96. The maximum Gasteiger partial charge on any atom is 0.344 e. The third kappa shape index (κ3) is 5.44. The van der Waals surface area contributed by atoms with E-state index in [-0.39, 0.29) is 11.6 Å². The zero-order chi connectivity index (χ0) is 14.3. The number of ether oxygens (including phenoxy) is 2. The molecule has 6 heteroatoms. The van der Waals surface area contributed by atoms with Gasteiger partial charge < -0.3 is 15.2 Å². The topological polar surface area (TPSA) is 61.5 Å². The molecule has 0 amide bonds. The van der Waals surface area contributed by atoms with E-state index in [4.69, 9.17) is 39.0 Å². The third-order valence-corrected chi connectivity index (χ3v) is 2.85. The molecular weight excluding hydrogens is 286 g/mol. The van der Waals surface area contributed by atoms with Crippen molar-refractivity contribution in [2.75, 3.05) is 13.2 Å². The van der Waals surface area contributed by atoms with Gasteiger partial charge in [-0.05, 0) is 24.6 Å². The molecule has 4 nitrogen and oxygen atoms in total. The third-order valence-electron chi connectivity index (χ3n) is 2.32. The molecule has 0 aliphatic rings. The summed E-state index contributed by atoms with van der Waals surface area (Å²) in [7, 11) is 0. The minimum absolute atomic E-state index is 0.171. The van der Waals surface area contributed by atoms with Gasteiger partial charge in [-0.3, -0.25) is 0 Å². The van der Waals surface area contributed by atoms with E-state index < -0.39 is 5.97 Å². The summed E-state index contributed by atoms with van der Waals surface area (Å²) in [5.74, 6) is -0.0166. The number of halogens is 1. The van der Waals surface area contributed by atoms with Crippen molar-refractivity contribution in [3.8, 4) is 5.75 Å². The van der Waals surface area contributed by atoms with E-state index in [2.05, 4.69) is 0 Å². The quantitative estimate of drug-likeness (QED) is 0.476. The van der Waals surface area contributed by atoms with Crippen molar-refractivity contribution in [2.24, 2.45) is 5.73 Å². The second-order valence-corrected chi connectivity index (χ2v) is 4.72. The van der Waals surface area contributed by atoms with E-state index in [0.29, 0.717) is 22.9 Å². The molecule has 0 heterocycles. The van der Waals surface area contributed by atoms with Crippen LogP contribution in [0.4, 0.5) is 0 Å². The number of rotatable bonds is 7. The van der Waals surface area contributed by atoms with Gasteiger partial charge in [0.2, 0.25) is 0 Å². The van der Waals surface area contributed by atoms with E-state index in [9.17, 15) is 4.79 Å². The number of hydrogen-bond acceptors (Lipinski definition) is 4. The van der Waals surface area contributed by atoms with Gasteiger partial charge in [-0.2, -0.15) is 0 Å². The summed E-state index contributed by atoms with van der Waals surface area (Å²) in [4.78, 5) is 11.6. The number of carbonyl (C=O) groups is 1. The summed E-state index contributed by atoms with van der Waals surface area (Å²) in [6.07, 6.45) is 1.82. The first-order chi connectivity index (χ1) is 9.04. The Morgan fingerprint density at radius 3 is 2.79 bits per heavy atom. The van der Waals surface area contributed by atoms with Gasteiger partial charge in [0, 0.05) is 5.56 Å². The van der Waals surface area contributed by atoms with E-state index in [1.54, 1.807) is 18.2 Å². The van der Waals surface area contributed by atoms with Crippen LogP contribution in [0.25, 0.3) is 0 Å². The minimum atomic E-state index is -0.414. The number of benzene rings is 1. The Balaban J connectivity index is 2.49. The summed E-state index contributed by atoms with van der Waals surface area (Å²) >= 11 is 10.8. The second-order valence-electron chi connectivity index (χ2n) is 3.87. The molecule has 0 unspecified atom stereocenters. The normalized spacial score (nSPS) is 10.0. The first kappa shape index (κ1) is 15.7. The molecule has 0 aromatic heterocycles. The van der Waals surface area contributed by atoms with Crippen LogP contribution in [0.5, 0.6) is 5.75 Å². The van der Waals surface area contributed by atoms with Crippen molar-refractivity contribution < 1.29 is 14.3 Å².